The van der Waals surface area contributed by atoms with Crippen molar-refractivity contribution in [1.29, 1.82) is 0 Å². The van der Waals surface area contributed by atoms with Crippen LogP contribution in [-0.2, 0) is 0 Å². The Balaban J connectivity index is 3.29. The highest BCUT2D eigenvalue weighted by Gasteiger charge is 2.07. The van der Waals surface area contributed by atoms with Crippen LogP contribution in [0.4, 0.5) is 5.69 Å². The first-order valence-electron chi connectivity index (χ1n) is 2.97. The van der Waals surface area contributed by atoms with Gasteiger partial charge >= 0.3 is 0 Å². The normalized spacial score (nSPS) is 9.64. The van der Waals surface area contributed by atoms with Crippen LogP contribution in [-0.4, -0.2) is 12.2 Å². The Labute approximate surface area is 72.9 Å². The lowest BCUT2D eigenvalue weighted by Gasteiger charge is -2.07. The summed E-state index contributed by atoms with van der Waals surface area (Å²) in [6.45, 7) is 0. The minimum atomic E-state index is 0.0325. The second kappa shape index (κ2) is 3.00. The predicted octanol–water partition coefficient (Wildman–Crippen LogP) is 1.75. The summed E-state index contributed by atoms with van der Waals surface area (Å²) in [4.78, 5) is 0. The zero-order chi connectivity index (χ0) is 8.43. The van der Waals surface area contributed by atoms with E-state index in [2.05, 4.69) is 15.9 Å². The predicted molar refractivity (Wildman–Crippen MR) is 46.8 cm³/mol. The fraction of sp³-hybridized carbons (Fsp3) is 0.143. The van der Waals surface area contributed by atoms with E-state index in [1.54, 1.807) is 6.07 Å². The quantitative estimate of drug-likeness (QED) is 0.557. The van der Waals surface area contributed by atoms with E-state index in [1.807, 2.05) is 0 Å². The molecule has 0 atom stereocenters. The zero-order valence-electron chi connectivity index (χ0n) is 5.97. The standard InChI is InChI=1S/C7H8BrNO2/c1-11-7-4(8)2-3-5(10)6(7)9/h2-3,10H,9H2,1H3. The molecule has 1 rings (SSSR count). The van der Waals surface area contributed by atoms with Crippen molar-refractivity contribution in [2.75, 3.05) is 12.8 Å². The Morgan fingerprint density at radius 3 is 2.64 bits per heavy atom. The van der Waals surface area contributed by atoms with Gasteiger partial charge in [0.25, 0.3) is 0 Å². The maximum atomic E-state index is 9.13. The molecular formula is C7H8BrNO2. The molecule has 4 heteroatoms. The SMILES string of the molecule is COc1c(Br)ccc(O)c1N. The molecule has 0 amide bonds. The molecule has 0 heterocycles. The minimum absolute atomic E-state index is 0.0325. The van der Waals surface area contributed by atoms with E-state index in [0.717, 1.165) is 4.47 Å². The molecule has 0 radical (unpaired) electrons. The maximum Gasteiger partial charge on any atom is 0.159 e. The Hall–Kier alpha value is -0.900. The lowest BCUT2D eigenvalue weighted by Crippen LogP contribution is -1.93. The zero-order valence-corrected chi connectivity index (χ0v) is 7.55. The van der Waals surface area contributed by atoms with Crippen molar-refractivity contribution < 1.29 is 9.84 Å². The average molecular weight is 218 g/mol. The number of phenols is 1. The first kappa shape index (κ1) is 8.20. The molecule has 11 heavy (non-hydrogen) atoms. The fourth-order valence-corrected chi connectivity index (χ4v) is 1.28. The number of rotatable bonds is 1. The Bertz CT molecular complexity index is 275. The Morgan fingerprint density at radius 1 is 1.55 bits per heavy atom. The van der Waals surface area contributed by atoms with Gasteiger partial charge in [-0.3, -0.25) is 0 Å². The largest absolute Gasteiger partial charge is 0.506 e. The molecule has 3 N–H and O–H groups in total. The Kier molecular flexibility index (Phi) is 2.24. The summed E-state index contributed by atoms with van der Waals surface area (Å²) in [5.74, 6) is 0.495. The number of hydrogen-bond acceptors (Lipinski definition) is 3. The number of aromatic hydroxyl groups is 1. The summed E-state index contributed by atoms with van der Waals surface area (Å²) in [6, 6.07) is 3.17. The molecule has 0 saturated carbocycles. The van der Waals surface area contributed by atoms with Gasteiger partial charge in [-0.1, -0.05) is 0 Å². The number of nitrogen functional groups attached to an aromatic ring is 1. The van der Waals surface area contributed by atoms with Gasteiger partial charge in [0.05, 0.1) is 11.6 Å². The highest BCUT2D eigenvalue weighted by Crippen LogP contribution is 2.36. The molecule has 0 aliphatic rings. The van der Waals surface area contributed by atoms with Crippen molar-refractivity contribution >= 4 is 21.6 Å². The smallest absolute Gasteiger partial charge is 0.159 e. The summed E-state index contributed by atoms with van der Waals surface area (Å²) in [6.07, 6.45) is 0. The van der Waals surface area contributed by atoms with E-state index in [1.165, 1.54) is 13.2 Å². The topological polar surface area (TPSA) is 55.5 Å². The van der Waals surface area contributed by atoms with Gasteiger partial charge in [-0.2, -0.15) is 0 Å². The third kappa shape index (κ3) is 1.40. The molecule has 0 unspecified atom stereocenters. The monoisotopic (exact) mass is 217 g/mol. The third-order valence-corrected chi connectivity index (χ3v) is 1.95. The first-order valence-corrected chi connectivity index (χ1v) is 3.77. The number of methoxy groups -OCH3 is 1. The van der Waals surface area contributed by atoms with E-state index in [9.17, 15) is 0 Å². The highest BCUT2D eigenvalue weighted by atomic mass is 79.9. The van der Waals surface area contributed by atoms with Gasteiger partial charge in [-0.15, -0.1) is 0 Å². The molecule has 0 saturated heterocycles. The van der Waals surface area contributed by atoms with Crippen LogP contribution >= 0.6 is 15.9 Å². The summed E-state index contributed by atoms with van der Waals surface area (Å²) >= 11 is 3.23. The number of phenolic OH excluding ortho intramolecular Hbond substituents is 1. The molecule has 0 bridgehead atoms. The van der Waals surface area contributed by atoms with Crippen molar-refractivity contribution in [3.63, 3.8) is 0 Å². The third-order valence-electron chi connectivity index (χ3n) is 1.33. The van der Waals surface area contributed by atoms with Crippen LogP contribution in [0.2, 0.25) is 0 Å². The summed E-state index contributed by atoms with van der Waals surface area (Å²) in [5.41, 5.74) is 5.74. The highest BCUT2D eigenvalue weighted by molar-refractivity contribution is 9.10. The van der Waals surface area contributed by atoms with Crippen LogP contribution in [0, 0.1) is 0 Å². The summed E-state index contributed by atoms with van der Waals surface area (Å²) < 4.78 is 5.66. The molecule has 1 aromatic carbocycles. The van der Waals surface area contributed by atoms with E-state index in [-0.39, 0.29) is 11.4 Å². The molecule has 0 fully saturated rings. The fourth-order valence-electron chi connectivity index (χ4n) is 0.770. The van der Waals surface area contributed by atoms with Crippen LogP contribution in [0.3, 0.4) is 0 Å². The van der Waals surface area contributed by atoms with Gasteiger partial charge in [0.15, 0.2) is 5.75 Å². The van der Waals surface area contributed by atoms with Crippen LogP contribution in [0.1, 0.15) is 0 Å². The number of anilines is 1. The van der Waals surface area contributed by atoms with E-state index in [4.69, 9.17) is 15.6 Å². The van der Waals surface area contributed by atoms with Gasteiger partial charge < -0.3 is 15.6 Å². The van der Waals surface area contributed by atoms with Crippen LogP contribution in [0.25, 0.3) is 0 Å². The molecule has 3 nitrogen and oxygen atoms in total. The van der Waals surface area contributed by atoms with Crippen LogP contribution in [0.15, 0.2) is 16.6 Å². The number of ether oxygens (including phenoxy) is 1. The van der Waals surface area contributed by atoms with Crippen LogP contribution in [0.5, 0.6) is 11.5 Å². The number of benzene rings is 1. The molecular weight excluding hydrogens is 210 g/mol. The number of hydrogen-bond donors (Lipinski definition) is 2. The van der Waals surface area contributed by atoms with Gasteiger partial charge in [-0.25, -0.2) is 0 Å². The molecule has 1 aromatic rings. The van der Waals surface area contributed by atoms with E-state index in [0.29, 0.717) is 5.75 Å². The minimum Gasteiger partial charge on any atom is -0.506 e. The van der Waals surface area contributed by atoms with Gasteiger partial charge in [0.2, 0.25) is 0 Å². The van der Waals surface area contributed by atoms with Crippen molar-refractivity contribution in [2.24, 2.45) is 0 Å². The molecule has 60 valence electrons. The maximum absolute atomic E-state index is 9.13. The number of halogens is 1. The van der Waals surface area contributed by atoms with Crippen molar-refractivity contribution in [2.45, 2.75) is 0 Å². The molecule has 0 aliphatic carbocycles. The van der Waals surface area contributed by atoms with Gasteiger partial charge in [0, 0.05) is 0 Å². The molecule has 0 spiro atoms. The van der Waals surface area contributed by atoms with E-state index >= 15 is 0 Å². The van der Waals surface area contributed by atoms with Gasteiger partial charge in [0.1, 0.15) is 11.4 Å². The molecule has 0 aromatic heterocycles. The van der Waals surface area contributed by atoms with Crippen molar-refractivity contribution in [3.05, 3.63) is 16.6 Å². The van der Waals surface area contributed by atoms with Crippen molar-refractivity contribution in [1.82, 2.24) is 0 Å². The summed E-state index contributed by atoms with van der Waals surface area (Å²) in [5, 5.41) is 9.13. The molecule has 0 aliphatic heterocycles. The lowest BCUT2D eigenvalue weighted by atomic mass is 10.3. The Morgan fingerprint density at radius 2 is 2.18 bits per heavy atom. The second-order valence-electron chi connectivity index (χ2n) is 2.01. The van der Waals surface area contributed by atoms with E-state index < -0.39 is 0 Å². The average Bonchev–Trinajstić information content (AvgIpc) is 1.99. The number of nitrogens with two attached hydrogens (primary N) is 1. The van der Waals surface area contributed by atoms with Crippen LogP contribution < -0.4 is 10.5 Å². The first-order chi connectivity index (χ1) is 5.16. The lowest BCUT2D eigenvalue weighted by molar-refractivity contribution is 0.408. The summed E-state index contributed by atoms with van der Waals surface area (Å²) in [7, 11) is 1.50. The van der Waals surface area contributed by atoms with Gasteiger partial charge in [-0.05, 0) is 28.1 Å². The second-order valence-corrected chi connectivity index (χ2v) is 2.87. The van der Waals surface area contributed by atoms with Crippen molar-refractivity contribution in [3.8, 4) is 11.5 Å².